The van der Waals surface area contributed by atoms with Gasteiger partial charge < -0.3 is 15.4 Å². The van der Waals surface area contributed by atoms with E-state index in [1.807, 2.05) is 19.2 Å². The van der Waals surface area contributed by atoms with Gasteiger partial charge in [-0.15, -0.1) is 0 Å². The normalized spacial score (nSPS) is 19.1. The van der Waals surface area contributed by atoms with Gasteiger partial charge in [-0.05, 0) is 18.2 Å². The Bertz CT molecular complexity index is 408. The van der Waals surface area contributed by atoms with Gasteiger partial charge in [-0.1, -0.05) is 22.0 Å². The van der Waals surface area contributed by atoms with Gasteiger partial charge in [0, 0.05) is 23.8 Å². The topological polar surface area (TPSA) is 50.9 Å². The first kappa shape index (κ1) is 11.3. The number of ether oxygens (including phenoxy) is 1. The smallest absolute Gasteiger partial charge is 0.282 e. The van der Waals surface area contributed by atoms with Crippen molar-refractivity contribution in [3.05, 3.63) is 28.7 Å². The van der Waals surface area contributed by atoms with E-state index in [1.54, 1.807) is 0 Å². The molecule has 0 radical (unpaired) electrons. The molecule has 1 heterocycles. The van der Waals surface area contributed by atoms with Crippen LogP contribution >= 0.6 is 15.9 Å². The summed E-state index contributed by atoms with van der Waals surface area (Å²) in [5.41, 5.74) is 6.61. The molecular formula is C11H14BrN3O. The highest BCUT2D eigenvalue weighted by molar-refractivity contribution is 9.10. The van der Waals surface area contributed by atoms with Gasteiger partial charge in [-0.25, -0.2) is 4.99 Å². The number of likely N-dealkylation sites (N-methyl/N-ethyl adjacent to an activating group) is 1. The zero-order chi connectivity index (χ0) is 11.5. The molecule has 1 unspecified atom stereocenters. The van der Waals surface area contributed by atoms with Crippen LogP contribution in [0.15, 0.2) is 33.7 Å². The zero-order valence-electron chi connectivity index (χ0n) is 9.06. The van der Waals surface area contributed by atoms with E-state index >= 15 is 0 Å². The van der Waals surface area contributed by atoms with Gasteiger partial charge >= 0.3 is 0 Å². The molecule has 16 heavy (non-hydrogen) atoms. The number of nitrogens with two attached hydrogens (primary N) is 1. The Morgan fingerprint density at radius 3 is 3.06 bits per heavy atom. The van der Waals surface area contributed by atoms with E-state index in [-0.39, 0.29) is 6.04 Å². The first-order valence-electron chi connectivity index (χ1n) is 5.08. The summed E-state index contributed by atoms with van der Waals surface area (Å²) in [6.45, 7) is 1.38. The monoisotopic (exact) mass is 283 g/mol. The summed E-state index contributed by atoms with van der Waals surface area (Å²) < 4.78 is 6.19. The molecule has 1 aromatic rings. The molecule has 0 saturated heterocycles. The molecule has 0 aromatic heterocycles. The van der Waals surface area contributed by atoms with E-state index in [9.17, 15) is 0 Å². The number of amidine groups is 1. The van der Waals surface area contributed by atoms with Crippen LogP contribution in [0.5, 0.6) is 0 Å². The second-order valence-electron chi connectivity index (χ2n) is 3.79. The second kappa shape index (κ2) is 4.74. The van der Waals surface area contributed by atoms with Crippen molar-refractivity contribution in [3.8, 4) is 0 Å². The summed E-state index contributed by atoms with van der Waals surface area (Å²) in [6, 6.07) is 8.58. The molecule has 2 rings (SSSR count). The molecule has 0 bridgehead atoms. The Morgan fingerprint density at radius 2 is 2.44 bits per heavy atom. The molecule has 5 heteroatoms. The predicted octanol–water partition coefficient (Wildman–Crippen LogP) is 1.60. The van der Waals surface area contributed by atoms with Gasteiger partial charge in [0.1, 0.15) is 12.6 Å². The van der Waals surface area contributed by atoms with Crippen LogP contribution in [0.3, 0.4) is 0 Å². The Hall–Kier alpha value is -1.23. The molecule has 0 aliphatic carbocycles. The average Bonchev–Trinajstić information content (AvgIpc) is 2.64. The highest BCUT2D eigenvalue weighted by Crippen LogP contribution is 2.19. The maximum Gasteiger partial charge on any atom is 0.282 e. The van der Waals surface area contributed by atoms with Crippen molar-refractivity contribution in [1.82, 2.24) is 0 Å². The summed E-state index contributed by atoms with van der Waals surface area (Å²) in [7, 11) is 2.03. The van der Waals surface area contributed by atoms with Crippen molar-refractivity contribution in [1.29, 1.82) is 0 Å². The number of aliphatic imine (C=N–C) groups is 1. The van der Waals surface area contributed by atoms with Crippen molar-refractivity contribution in [3.63, 3.8) is 0 Å². The number of hydrogen-bond acceptors (Lipinski definition) is 4. The van der Waals surface area contributed by atoms with Gasteiger partial charge in [0.05, 0.1) is 0 Å². The minimum absolute atomic E-state index is 0.129. The van der Waals surface area contributed by atoms with Crippen molar-refractivity contribution in [2.24, 2.45) is 10.7 Å². The molecule has 1 aliphatic rings. The van der Waals surface area contributed by atoms with Crippen LogP contribution in [0.2, 0.25) is 0 Å². The Morgan fingerprint density at radius 1 is 1.62 bits per heavy atom. The lowest BCUT2D eigenvalue weighted by molar-refractivity contribution is 0.314. The molecule has 0 spiro atoms. The number of hydrogen-bond donors (Lipinski definition) is 1. The average molecular weight is 284 g/mol. The number of halogens is 1. The van der Waals surface area contributed by atoms with Crippen molar-refractivity contribution in [2.45, 2.75) is 6.04 Å². The summed E-state index contributed by atoms with van der Waals surface area (Å²) in [5.74, 6) is 0. The fourth-order valence-corrected chi connectivity index (χ4v) is 2.05. The summed E-state index contributed by atoms with van der Waals surface area (Å²) in [4.78, 5) is 6.33. The van der Waals surface area contributed by atoms with Crippen LogP contribution in [-0.4, -0.2) is 32.3 Å². The molecule has 1 aromatic carbocycles. The summed E-state index contributed by atoms with van der Waals surface area (Å²) >= 11 is 3.45. The van der Waals surface area contributed by atoms with Gasteiger partial charge in [-0.2, -0.15) is 0 Å². The minimum atomic E-state index is 0.129. The first-order valence-corrected chi connectivity index (χ1v) is 5.87. The van der Waals surface area contributed by atoms with Gasteiger partial charge in [0.15, 0.2) is 0 Å². The standard InChI is InChI=1S/C11H14BrN3O/c1-15(6-9-7-16-11(13)14-9)10-4-2-3-8(12)5-10/h2-5,9H,6-7H2,1H3,(H2,13,14). The number of rotatable bonds is 3. The van der Waals surface area contributed by atoms with E-state index < -0.39 is 0 Å². The fourth-order valence-electron chi connectivity index (χ4n) is 1.66. The third-order valence-corrected chi connectivity index (χ3v) is 2.96. The van der Waals surface area contributed by atoms with Crippen LogP contribution in [0, 0.1) is 0 Å². The van der Waals surface area contributed by atoms with Crippen LogP contribution in [-0.2, 0) is 4.74 Å². The van der Waals surface area contributed by atoms with Gasteiger partial charge in [0.2, 0.25) is 0 Å². The van der Waals surface area contributed by atoms with Crippen LogP contribution in [0.4, 0.5) is 5.69 Å². The lowest BCUT2D eigenvalue weighted by Crippen LogP contribution is -2.28. The van der Waals surface area contributed by atoms with Crippen molar-refractivity contribution < 1.29 is 4.74 Å². The molecule has 0 amide bonds. The van der Waals surface area contributed by atoms with Crippen LogP contribution in [0.1, 0.15) is 0 Å². The van der Waals surface area contributed by atoms with Crippen molar-refractivity contribution >= 4 is 27.6 Å². The maximum absolute atomic E-state index is 5.47. The Kier molecular flexibility index (Phi) is 3.33. The fraction of sp³-hybridized carbons (Fsp3) is 0.364. The molecule has 86 valence electrons. The van der Waals surface area contributed by atoms with Crippen LogP contribution in [0.25, 0.3) is 0 Å². The van der Waals surface area contributed by atoms with E-state index in [0.29, 0.717) is 12.6 Å². The van der Waals surface area contributed by atoms with E-state index in [0.717, 1.165) is 16.7 Å². The molecule has 0 saturated carbocycles. The third kappa shape index (κ3) is 2.66. The lowest BCUT2D eigenvalue weighted by atomic mass is 10.2. The lowest BCUT2D eigenvalue weighted by Gasteiger charge is -2.21. The zero-order valence-corrected chi connectivity index (χ0v) is 10.6. The van der Waals surface area contributed by atoms with Gasteiger partial charge in [0.25, 0.3) is 6.02 Å². The quantitative estimate of drug-likeness (QED) is 0.917. The molecule has 4 nitrogen and oxygen atoms in total. The predicted molar refractivity (Wildman–Crippen MR) is 68.8 cm³/mol. The Labute approximate surface area is 103 Å². The van der Waals surface area contributed by atoms with E-state index in [1.165, 1.54) is 0 Å². The highest BCUT2D eigenvalue weighted by atomic mass is 79.9. The molecule has 0 fully saturated rings. The largest absolute Gasteiger partial charge is 0.463 e. The van der Waals surface area contributed by atoms with Crippen LogP contribution < -0.4 is 10.6 Å². The number of nitrogens with zero attached hydrogens (tertiary/aromatic N) is 2. The molecule has 1 atom stereocenters. The summed E-state index contributed by atoms with van der Waals surface area (Å²) in [6.07, 6.45) is 0. The summed E-state index contributed by atoms with van der Waals surface area (Å²) in [5, 5.41) is 0. The SMILES string of the molecule is CN(CC1COC(N)=N1)c1cccc(Br)c1. The number of benzene rings is 1. The third-order valence-electron chi connectivity index (χ3n) is 2.47. The van der Waals surface area contributed by atoms with E-state index in [4.69, 9.17) is 10.5 Å². The Balaban J connectivity index is 2.00. The van der Waals surface area contributed by atoms with Crippen molar-refractivity contribution in [2.75, 3.05) is 25.1 Å². The molecule has 2 N–H and O–H groups in total. The second-order valence-corrected chi connectivity index (χ2v) is 4.71. The molecule has 1 aliphatic heterocycles. The number of anilines is 1. The minimum Gasteiger partial charge on any atom is -0.463 e. The first-order chi connectivity index (χ1) is 7.65. The maximum atomic E-state index is 5.47. The van der Waals surface area contributed by atoms with E-state index in [2.05, 4.69) is 38.0 Å². The highest BCUT2D eigenvalue weighted by Gasteiger charge is 2.18. The van der Waals surface area contributed by atoms with Gasteiger partial charge in [-0.3, -0.25) is 0 Å². The molecular weight excluding hydrogens is 270 g/mol.